The highest BCUT2D eigenvalue weighted by Crippen LogP contribution is 2.38. The van der Waals surface area contributed by atoms with Crippen molar-refractivity contribution in [1.82, 2.24) is 34.1 Å². The molecule has 5 aromatic rings. The highest BCUT2D eigenvalue weighted by Gasteiger charge is 2.39. The predicted molar refractivity (Wildman–Crippen MR) is 144 cm³/mol. The zero-order valence-electron chi connectivity index (χ0n) is 18.6. The summed E-state index contributed by atoms with van der Waals surface area (Å²) in [4.78, 5) is 31.9. The lowest BCUT2D eigenvalue weighted by Gasteiger charge is -2.27. The molecule has 0 bridgehead atoms. The number of hydrogen-bond donors (Lipinski definition) is 1. The van der Waals surface area contributed by atoms with E-state index in [1.54, 1.807) is 34.8 Å². The molecule has 1 aliphatic rings. The van der Waals surface area contributed by atoms with Gasteiger partial charge in [-0.25, -0.2) is 19.5 Å². The van der Waals surface area contributed by atoms with Gasteiger partial charge in [0.05, 0.1) is 29.2 Å². The Labute approximate surface area is 218 Å². The Morgan fingerprint density at radius 1 is 1.11 bits per heavy atom. The Kier molecular flexibility index (Phi) is 7.08. The minimum Gasteiger partial charge on any atom is -0.380 e. The Morgan fingerprint density at radius 3 is 2.69 bits per heavy atom. The van der Waals surface area contributed by atoms with Crippen LogP contribution in [0.1, 0.15) is 18.3 Å². The predicted octanol–water partition coefficient (Wildman–Crippen LogP) is 3.00. The first-order valence-electron chi connectivity index (χ1n) is 10.4. The van der Waals surface area contributed by atoms with Gasteiger partial charge in [-0.1, -0.05) is 29.8 Å². The molecule has 1 aromatic carbocycles. The van der Waals surface area contributed by atoms with Crippen molar-refractivity contribution >= 4 is 61.1 Å². The fourth-order valence-corrected chi connectivity index (χ4v) is 4.73. The number of para-hydroxylation sites is 1. The summed E-state index contributed by atoms with van der Waals surface area (Å²) in [6.45, 7) is 0.571. The first-order chi connectivity index (χ1) is 16.2. The number of H-pyrrole nitrogens is 1. The maximum Gasteiger partial charge on any atom is 0.284 e. The molecule has 0 unspecified atom stereocenters. The van der Waals surface area contributed by atoms with Gasteiger partial charge >= 0.3 is 0 Å². The Bertz CT molecular complexity index is 1540. The van der Waals surface area contributed by atoms with Crippen molar-refractivity contribution in [3.05, 3.63) is 76.5 Å². The molecule has 1 fully saturated rings. The average molecular weight is 531 g/mol. The summed E-state index contributed by atoms with van der Waals surface area (Å²) in [5.74, 6) is 1.25. The van der Waals surface area contributed by atoms with Gasteiger partial charge in [-0.05, 0) is 18.2 Å². The van der Waals surface area contributed by atoms with Gasteiger partial charge in [-0.2, -0.15) is 32.1 Å². The molecule has 5 heterocycles. The third kappa shape index (κ3) is 4.05. The minimum absolute atomic E-state index is 0. The summed E-state index contributed by atoms with van der Waals surface area (Å²) >= 11 is 6.34. The number of imidazole rings is 1. The molecule has 182 valence electrons. The maximum atomic E-state index is 13.7. The number of nitrogens with one attached hydrogen (secondary N) is 1. The summed E-state index contributed by atoms with van der Waals surface area (Å²) in [7, 11) is 1.68. The second-order valence-corrected chi connectivity index (χ2v) is 8.26. The fraction of sp³-hybridized carbons (Fsp3) is 0.227. The molecule has 0 aliphatic carbocycles. The van der Waals surface area contributed by atoms with Crippen LogP contribution < -0.4 is 10.5 Å². The number of methoxy groups -OCH3 is 1. The number of anilines is 1. The van der Waals surface area contributed by atoms with E-state index in [1.807, 2.05) is 30.3 Å². The second kappa shape index (κ2) is 9.90. The van der Waals surface area contributed by atoms with E-state index in [9.17, 15) is 4.79 Å². The monoisotopic (exact) mass is 530 g/mol. The number of rotatable bonds is 4. The number of halogens is 1. The second-order valence-electron chi connectivity index (χ2n) is 7.85. The lowest BCUT2D eigenvalue weighted by Crippen LogP contribution is -2.33. The summed E-state index contributed by atoms with van der Waals surface area (Å²) in [5.41, 5.74) is 2.09. The Balaban J connectivity index is 0.00000144. The van der Waals surface area contributed by atoms with Crippen molar-refractivity contribution in [1.29, 1.82) is 0 Å². The summed E-state index contributed by atoms with van der Waals surface area (Å²) in [6, 6.07) is 10.8. The highest BCUT2D eigenvalue weighted by molar-refractivity contribution is 7.59. The molecule has 1 aliphatic heterocycles. The van der Waals surface area contributed by atoms with E-state index in [0.717, 1.165) is 5.52 Å². The summed E-state index contributed by atoms with van der Waals surface area (Å²) in [5, 5.41) is 5.21. The first-order valence-corrected chi connectivity index (χ1v) is 10.8. The number of ether oxygens (including phenoxy) is 1. The molecule has 0 saturated carbocycles. The van der Waals surface area contributed by atoms with E-state index in [2.05, 4.69) is 24.8 Å². The quantitative estimate of drug-likeness (QED) is 0.380. The molecule has 35 heavy (non-hydrogen) atoms. The van der Waals surface area contributed by atoms with E-state index < -0.39 is 0 Å². The molecule has 10 nitrogen and oxygen atoms in total. The van der Waals surface area contributed by atoms with Crippen molar-refractivity contribution in [2.45, 2.75) is 18.6 Å². The molecular formula is C22H23ClN8O2S2. The molecule has 1 saturated heterocycles. The number of fused-ring (bicyclic) bond motifs is 2. The van der Waals surface area contributed by atoms with Crippen molar-refractivity contribution in [2.24, 2.45) is 0 Å². The van der Waals surface area contributed by atoms with Crippen LogP contribution in [0.15, 0.2) is 60.0 Å². The van der Waals surface area contributed by atoms with E-state index in [4.69, 9.17) is 21.4 Å². The van der Waals surface area contributed by atoms with Gasteiger partial charge in [0.15, 0.2) is 17.3 Å². The normalized spacial score (nSPS) is 17.5. The minimum atomic E-state index is -0.296. The maximum absolute atomic E-state index is 13.7. The average Bonchev–Trinajstić information content (AvgIpc) is 3.57. The number of aromatic amines is 1. The molecule has 4 aromatic heterocycles. The Morgan fingerprint density at radius 2 is 1.91 bits per heavy atom. The lowest BCUT2D eigenvalue weighted by atomic mass is 10.1. The smallest absolute Gasteiger partial charge is 0.284 e. The van der Waals surface area contributed by atoms with E-state index >= 15 is 0 Å². The van der Waals surface area contributed by atoms with Gasteiger partial charge in [0.1, 0.15) is 17.4 Å². The molecule has 2 atom stereocenters. The van der Waals surface area contributed by atoms with Crippen molar-refractivity contribution in [3.8, 4) is 5.69 Å². The van der Waals surface area contributed by atoms with Crippen LogP contribution in [0.4, 0.5) is 5.82 Å². The number of hydrogen-bond acceptors (Lipinski definition) is 7. The van der Waals surface area contributed by atoms with Gasteiger partial charge in [-0.3, -0.25) is 9.36 Å². The van der Waals surface area contributed by atoms with Crippen molar-refractivity contribution in [3.63, 3.8) is 0 Å². The van der Waals surface area contributed by atoms with E-state index in [1.165, 1.54) is 6.33 Å². The van der Waals surface area contributed by atoms with Gasteiger partial charge < -0.3 is 14.6 Å². The molecule has 0 spiro atoms. The zero-order valence-corrected chi connectivity index (χ0v) is 21.3. The van der Waals surface area contributed by atoms with Crippen LogP contribution in [-0.4, -0.2) is 53.9 Å². The first kappa shape index (κ1) is 25.0. The van der Waals surface area contributed by atoms with Crippen LogP contribution in [0.3, 0.4) is 0 Å². The lowest BCUT2D eigenvalue weighted by molar-refractivity contribution is 0.118. The molecule has 6 rings (SSSR count). The van der Waals surface area contributed by atoms with Gasteiger partial charge in [0.25, 0.3) is 5.56 Å². The summed E-state index contributed by atoms with van der Waals surface area (Å²) < 4.78 is 8.89. The molecular weight excluding hydrogens is 508 g/mol. The third-order valence-electron chi connectivity index (χ3n) is 6.05. The standard InChI is InChI=1S/C22H19ClN8O2.2H2S/c1-33-14-9-16(29(10-14)21-17-19(25-11-24-17)26-12-27-21)20-28-30-8-7-15(23)18(30)22(32)31(20)13-5-3-2-4-6-13;;/h2-8,11-12,14,16H,9-10H2,1H3,(H,24,25,26,27);2*1H2/t14-,16-;;/m0../s1. The zero-order chi connectivity index (χ0) is 22.5. The van der Waals surface area contributed by atoms with Crippen LogP contribution in [0.25, 0.3) is 22.4 Å². The van der Waals surface area contributed by atoms with E-state index in [-0.39, 0.29) is 44.7 Å². The molecule has 13 heteroatoms. The largest absolute Gasteiger partial charge is 0.380 e. The highest BCUT2D eigenvalue weighted by atomic mass is 35.5. The summed E-state index contributed by atoms with van der Waals surface area (Å²) in [6.07, 6.45) is 5.32. The van der Waals surface area contributed by atoms with Crippen LogP contribution >= 0.6 is 38.6 Å². The Hall–Kier alpha value is -3.06. The topological polar surface area (TPSA) is 106 Å². The van der Waals surface area contributed by atoms with Gasteiger partial charge in [-0.15, -0.1) is 0 Å². The van der Waals surface area contributed by atoms with E-state index in [0.29, 0.717) is 46.5 Å². The van der Waals surface area contributed by atoms with Crippen LogP contribution in [0.5, 0.6) is 0 Å². The van der Waals surface area contributed by atoms with Crippen molar-refractivity contribution in [2.75, 3.05) is 18.6 Å². The fourth-order valence-electron chi connectivity index (χ4n) is 4.51. The van der Waals surface area contributed by atoms with Gasteiger partial charge in [0.2, 0.25) is 0 Å². The van der Waals surface area contributed by atoms with Crippen molar-refractivity contribution < 1.29 is 4.74 Å². The molecule has 0 amide bonds. The van der Waals surface area contributed by atoms with Crippen LogP contribution in [0.2, 0.25) is 5.02 Å². The SMILES string of the molecule is CO[C@H]1C[C@@H](c2nn3ccc(Cl)c3c(=O)n2-c2ccccc2)N(c2ncnc3nc[nH]c23)C1.S.S. The molecule has 1 N–H and O–H groups in total. The number of aromatic nitrogens is 7. The van der Waals surface area contributed by atoms with Gasteiger partial charge in [0, 0.05) is 26.3 Å². The number of benzene rings is 1. The number of nitrogens with zero attached hydrogens (tertiary/aromatic N) is 7. The molecule has 0 radical (unpaired) electrons. The van der Waals surface area contributed by atoms with Crippen LogP contribution in [-0.2, 0) is 4.74 Å². The third-order valence-corrected chi connectivity index (χ3v) is 6.35. The van der Waals surface area contributed by atoms with Crippen LogP contribution in [0, 0.1) is 0 Å².